The molecule has 4 rings (SSSR count). The highest BCUT2D eigenvalue weighted by atomic mass is 32.2. The number of ether oxygens (including phenoxy) is 1. The molecule has 0 spiro atoms. The second-order valence-corrected chi connectivity index (χ2v) is 8.48. The van der Waals surface area contributed by atoms with Crippen LogP contribution in [-0.4, -0.2) is 38.9 Å². The maximum atomic E-state index is 13.3. The monoisotopic (exact) mass is 468 g/mol. The Morgan fingerprint density at radius 3 is 2.76 bits per heavy atom. The molecule has 1 amide bonds. The Balaban J connectivity index is 1.71. The van der Waals surface area contributed by atoms with E-state index in [2.05, 4.69) is 15.5 Å². The van der Waals surface area contributed by atoms with Crippen molar-refractivity contribution in [2.24, 2.45) is 0 Å². The van der Waals surface area contributed by atoms with E-state index in [1.807, 2.05) is 0 Å². The molecule has 10 nitrogen and oxygen atoms in total. The zero-order valence-corrected chi connectivity index (χ0v) is 18.8. The Morgan fingerprint density at radius 2 is 2.09 bits per heavy atom. The van der Waals surface area contributed by atoms with E-state index in [4.69, 9.17) is 13.7 Å². The van der Waals surface area contributed by atoms with E-state index in [0.29, 0.717) is 27.5 Å². The summed E-state index contributed by atoms with van der Waals surface area (Å²) in [6, 6.07) is 9.60. The number of rotatable bonds is 7. The number of furan rings is 1. The van der Waals surface area contributed by atoms with Gasteiger partial charge in [-0.2, -0.15) is 0 Å². The fourth-order valence-corrected chi connectivity index (χ4v) is 4.00. The molecule has 0 saturated carbocycles. The van der Waals surface area contributed by atoms with Crippen LogP contribution in [0.2, 0.25) is 0 Å². The highest BCUT2D eigenvalue weighted by Crippen LogP contribution is 2.25. The average molecular weight is 468 g/mol. The molecule has 3 heterocycles. The van der Waals surface area contributed by atoms with Crippen LogP contribution < -0.4 is 10.9 Å². The van der Waals surface area contributed by atoms with Crippen LogP contribution in [0.5, 0.6) is 0 Å². The molecular formula is C22H20N4O6S. The molecule has 0 radical (unpaired) electrons. The topological polar surface area (TPSA) is 129 Å². The number of anilines is 1. The summed E-state index contributed by atoms with van der Waals surface area (Å²) in [5, 5.41) is 6.38. The lowest BCUT2D eigenvalue weighted by molar-refractivity contribution is -0.115. The summed E-state index contributed by atoms with van der Waals surface area (Å²) in [4.78, 5) is 42.5. The van der Waals surface area contributed by atoms with Crippen LogP contribution in [0.4, 0.5) is 5.88 Å². The predicted octanol–water partition coefficient (Wildman–Crippen LogP) is 3.24. The molecule has 0 aliphatic carbocycles. The van der Waals surface area contributed by atoms with Crippen molar-refractivity contribution in [1.82, 2.24) is 14.7 Å². The van der Waals surface area contributed by atoms with Gasteiger partial charge in [0.15, 0.2) is 5.16 Å². The van der Waals surface area contributed by atoms with Gasteiger partial charge in [0.05, 0.1) is 47.3 Å². The fraction of sp³-hybridized carbons (Fsp3) is 0.227. The molecule has 170 valence electrons. The second-order valence-electron chi connectivity index (χ2n) is 7.17. The molecule has 1 atom stereocenters. The third-order valence-corrected chi connectivity index (χ3v) is 5.85. The van der Waals surface area contributed by atoms with E-state index in [1.165, 1.54) is 36.1 Å². The molecule has 0 fully saturated rings. The summed E-state index contributed by atoms with van der Waals surface area (Å²) in [5.74, 6) is -0.103. The number of thioether (sulfide) groups is 1. The van der Waals surface area contributed by atoms with Crippen molar-refractivity contribution in [3.8, 4) is 0 Å². The minimum atomic E-state index is -0.633. The normalized spacial score (nSPS) is 12.0. The van der Waals surface area contributed by atoms with Gasteiger partial charge in [-0.3, -0.25) is 19.5 Å². The van der Waals surface area contributed by atoms with Crippen molar-refractivity contribution in [2.75, 3.05) is 12.4 Å². The number of nitrogens with zero attached hydrogens (tertiary/aromatic N) is 3. The number of hydrogen-bond acceptors (Lipinski definition) is 9. The van der Waals surface area contributed by atoms with E-state index in [1.54, 1.807) is 32.0 Å². The number of fused-ring (bicyclic) bond motifs is 1. The molecular weight excluding hydrogens is 448 g/mol. The average Bonchev–Trinajstić information content (AvgIpc) is 3.46. The molecule has 33 heavy (non-hydrogen) atoms. The molecule has 0 saturated heterocycles. The summed E-state index contributed by atoms with van der Waals surface area (Å²) in [6.45, 7) is 3.55. The molecule has 0 aliphatic heterocycles. The maximum Gasteiger partial charge on any atom is 0.337 e. The molecule has 3 aromatic heterocycles. The van der Waals surface area contributed by atoms with Crippen LogP contribution in [0.25, 0.3) is 10.9 Å². The Morgan fingerprint density at radius 1 is 1.27 bits per heavy atom. The molecule has 1 N–H and O–H groups in total. The summed E-state index contributed by atoms with van der Waals surface area (Å²) < 4.78 is 16.6. The first-order valence-electron chi connectivity index (χ1n) is 9.92. The highest BCUT2D eigenvalue weighted by Gasteiger charge is 2.22. The second kappa shape index (κ2) is 9.33. The van der Waals surface area contributed by atoms with Gasteiger partial charge < -0.3 is 13.7 Å². The smallest absolute Gasteiger partial charge is 0.337 e. The molecule has 1 unspecified atom stereocenters. The maximum absolute atomic E-state index is 13.3. The summed E-state index contributed by atoms with van der Waals surface area (Å²) >= 11 is 1.10. The van der Waals surface area contributed by atoms with Gasteiger partial charge in [-0.1, -0.05) is 16.9 Å². The number of methoxy groups -OCH3 is 1. The first-order valence-corrected chi connectivity index (χ1v) is 10.8. The number of aromatic nitrogens is 3. The molecule has 0 aliphatic rings. The number of esters is 1. The Kier molecular flexibility index (Phi) is 6.31. The van der Waals surface area contributed by atoms with Crippen LogP contribution in [0.1, 0.15) is 28.7 Å². The molecule has 1 aromatic carbocycles. The lowest BCUT2D eigenvalue weighted by atomic mass is 10.1. The summed E-state index contributed by atoms with van der Waals surface area (Å²) in [6.07, 6.45) is 1.51. The SMILES string of the molecule is COC(=O)c1ccc2c(=O)n(Cc3ccco3)c(SC(C)C(=O)Nc3cc(C)no3)nc2c1. The van der Waals surface area contributed by atoms with Crippen LogP contribution in [-0.2, 0) is 16.1 Å². The van der Waals surface area contributed by atoms with E-state index >= 15 is 0 Å². The standard InChI is InChI=1S/C22H20N4O6S/c1-12-9-18(32-25-12)24-19(27)13(2)33-22-23-17-10-14(21(29)30-3)6-7-16(17)20(28)26(22)11-15-5-4-8-31-15/h4-10,13H,11H2,1-3H3,(H,24,27). The third kappa shape index (κ3) is 4.82. The first-order chi connectivity index (χ1) is 15.9. The van der Waals surface area contributed by atoms with Gasteiger partial charge in [-0.15, -0.1) is 0 Å². The number of aryl methyl sites for hydroxylation is 1. The van der Waals surface area contributed by atoms with Crippen LogP contribution in [0.15, 0.2) is 61.6 Å². The van der Waals surface area contributed by atoms with Crippen LogP contribution >= 0.6 is 11.8 Å². The highest BCUT2D eigenvalue weighted by molar-refractivity contribution is 8.00. The van der Waals surface area contributed by atoms with Gasteiger partial charge in [0.1, 0.15) is 5.76 Å². The van der Waals surface area contributed by atoms with Crippen molar-refractivity contribution in [3.05, 3.63) is 70.0 Å². The fourth-order valence-electron chi connectivity index (χ4n) is 3.09. The van der Waals surface area contributed by atoms with Crippen LogP contribution in [0, 0.1) is 6.92 Å². The van der Waals surface area contributed by atoms with E-state index in [9.17, 15) is 14.4 Å². The van der Waals surface area contributed by atoms with Crippen molar-refractivity contribution >= 4 is 40.4 Å². The third-order valence-electron chi connectivity index (χ3n) is 4.76. The van der Waals surface area contributed by atoms with Crippen molar-refractivity contribution in [3.63, 3.8) is 0 Å². The number of benzene rings is 1. The van der Waals surface area contributed by atoms with Gasteiger partial charge in [0, 0.05) is 6.07 Å². The predicted molar refractivity (Wildman–Crippen MR) is 120 cm³/mol. The Hall–Kier alpha value is -3.86. The molecule has 11 heteroatoms. The number of nitrogens with one attached hydrogen (secondary N) is 1. The number of carbonyl (C=O) groups is 2. The minimum Gasteiger partial charge on any atom is -0.467 e. The van der Waals surface area contributed by atoms with Gasteiger partial charge in [-0.05, 0) is 44.2 Å². The van der Waals surface area contributed by atoms with Crippen LogP contribution in [0.3, 0.4) is 0 Å². The minimum absolute atomic E-state index is 0.130. The molecule has 4 aromatic rings. The van der Waals surface area contributed by atoms with Crippen molar-refractivity contribution < 1.29 is 23.3 Å². The van der Waals surface area contributed by atoms with Crippen molar-refractivity contribution in [2.45, 2.75) is 30.8 Å². The quantitative estimate of drug-likeness (QED) is 0.247. The summed E-state index contributed by atoms with van der Waals surface area (Å²) in [5.41, 5.74) is 0.895. The van der Waals surface area contributed by atoms with Gasteiger partial charge in [-0.25, -0.2) is 9.78 Å². The van der Waals surface area contributed by atoms with E-state index < -0.39 is 11.2 Å². The van der Waals surface area contributed by atoms with Crippen molar-refractivity contribution in [1.29, 1.82) is 0 Å². The largest absolute Gasteiger partial charge is 0.467 e. The zero-order chi connectivity index (χ0) is 23.5. The van der Waals surface area contributed by atoms with E-state index in [-0.39, 0.29) is 29.5 Å². The Bertz CT molecular complexity index is 1380. The zero-order valence-electron chi connectivity index (χ0n) is 18.0. The lowest BCUT2D eigenvalue weighted by Gasteiger charge is -2.15. The number of carbonyl (C=O) groups excluding carboxylic acids is 2. The van der Waals surface area contributed by atoms with E-state index in [0.717, 1.165) is 11.8 Å². The van der Waals surface area contributed by atoms with Gasteiger partial charge in [0.25, 0.3) is 5.56 Å². The number of amides is 1. The van der Waals surface area contributed by atoms with Gasteiger partial charge in [0.2, 0.25) is 11.8 Å². The molecule has 0 bridgehead atoms. The first kappa shape index (κ1) is 22.3. The summed E-state index contributed by atoms with van der Waals surface area (Å²) in [7, 11) is 1.28. The Labute approximate surface area is 191 Å². The number of hydrogen-bond donors (Lipinski definition) is 1. The lowest BCUT2D eigenvalue weighted by Crippen LogP contribution is -2.27. The van der Waals surface area contributed by atoms with Gasteiger partial charge >= 0.3 is 5.97 Å².